The second kappa shape index (κ2) is 9.21. The molecule has 2 aromatic heterocycles. The minimum atomic E-state index is -0.372. The summed E-state index contributed by atoms with van der Waals surface area (Å²) in [7, 11) is 4.45. The third-order valence-corrected chi connectivity index (χ3v) is 6.39. The lowest BCUT2D eigenvalue weighted by Gasteiger charge is -2.22. The first-order chi connectivity index (χ1) is 15.0. The number of carbonyl (C=O) groups excluding carboxylic acids is 1. The van der Waals surface area contributed by atoms with Gasteiger partial charge in [-0.2, -0.15) is 9.97 Å². The molecule has 1 saturated heterocycles. The number of benzene rings is 1. The summed E-state index contributed by atoms with van der Waals surface area (Å²) in [5, 5.41) is 1.01. The largest absolute Gasteiger partial charge is 0.494 e. The maximum Gasteiger partial charge on any atom is 0.320 e. The minimum Gasteiger partial charge on any atom is -0.494 e. The van der Waals surface area contributed by atoms with Gasteiger partial charge in [0, 0.05) is 12.7 Å². The first-order valence-corrected chi connectivity index (χ1v) is 10.8. The molecule has 1 atom stereocenters. The monoisotopic (exact) mass is 464 g/mol. The van der Waals surface area contributed by atoms with Gasteiger partial charge in [-0.3, -0.25) is 9.69 Å². The predicted molar refractivity (Wildman–Crippen MR) is 117 cm³/mol. The van der Waals surface area contributed by atoms with Crippen LogP contribution in [0.15, 0.2) is 18.2 Å². The number of nitrogens with zero attached hydrogens (tertiary/aromatic N) is 4. The van der Waals surface area contributed by atoms with Gasteiger partial charge in [-0.25, -0.2) is 4.98 Å². The fourth-order valence-electron chi connectivity index (χ4n) is 3.31. The molecule has 1 aliphatic rings. The van der Waals surface area contributed by atoms with Crippen molar-refractivity contribution in [3.05, 3.63) is 28.9 Å². The van der Waals surface area contributed by atoms with E-state index >= 15 is 0 Å². The molecule has 1 amide bonds. The van der Waals surface area contributed by atoms with Crippen molar-refractivity contribution in [1.29, 1.82) is 0 Å². The molecule has 164 valence electrons. The van der Waals surface area contributed by atoms with Gasteiger partial charge in [0.1, 0.15) is 17.0 Å². The van der Waals surface area contributed by atoms with Crippen LogP contribution in [-0.4, -0.2) is 61.4 Å². The van der Waals surface area contributed by atoms with E-state index in [1.807, 2.05) is 0 Å². The Balaban J connectivity index is 1.79. The first kappa shape index (κ1) is 21.5. The Bertz CT molecular complexity index is 1080. The summed E-state index contributed by atoms with van der Waals surface area (Å²) in [6, 6.07) is 5.00. The quantitative estimate of drug-likeness (QED) is 0.523. The molecule has 3 aromatic rings. The van der Waals surface area contributed by atoms with Gasteiger partial charge in [0.05, 0.1) is 43.7 Å². The van der Waals surface area contributed by atoms with Crippen LogP contribution in [0.5, 0.6) is 17.6 Å². The number of ether oxygens (including phenoxy) is 4. The van der Waals surface area contributed by atoms with Gasteiger partial charge < -0.3 is 18.9 Å². The summed E-state index contributed by atoms with van der Waals surface area (Å²) in [5.74, 6) is 0.432. The Labute approximate surface area is 187 Å². The Hall–Kier alpha value is -2.69. The molecule has 1 aromatic carbocycles. The Morgan fingerprint density at radius 2 is 2.06 bits per heavy atom. The molecule has 0 bridgehead atoms. The molecule has 0 radical (unpaired) electrons. The maximum atomic E-state index is 13.6. The minimum absolute atomic E-state index is 0.0359. The van der Waals surface area contributed by atoms with Crippen LogP contribution in [-0.2, 0) is 4.74 Å². The molecule has 0 aliphatic carbocycles. The highest BCUT2D eigenvalue weighted by Crippen LogP contribution is 2.39. The summed E-state index contributed by atoms with van der Waals surface area (Å²) in [4.78, 5) is 28.0. The molecule has 0 spiro atoms. The van der Waals surface area contributed by atoms with Crippen LogP contribution in [0.25, 0.3) is 10.2 Å². The lowest BCUT2D eigenvalue weighted by molar-refractivity contribution is 0.0912. The number of amides is 1. The number of hydrogen-bond donors (Lipinski definition) is 0. The van der Waals surface area contributed by atoms with E-state index in [4.69, 9.17) is 30.5 Å². The van der Waals surface area contributed by atoms with Crippen molar-refractivity contribution < 1.29 is 23.7 Å². The normalized spacial score (nSPS) is 15.8. The van der Waals surface area contributed by atoms with Gasteiger partial charge >= 0.3 is 6.01 Å². The van der Waals surface area contributed by atoms with Crippen molar-refractivity contribution in [1.82, 2.24) is 15.0 Å². The number of halogens is 1. The summed E-state index contributed by atoms with van der Waals surface area (Å²) in [6.45, 7) is 0.995. The highest BCUT2D eigenvalue weighted by atomic mass is 35.5. The van der Waals surface area contributed by atoms with Gasteiger partial charge in [0.25, 0.3) is 5.91 Å². The number of aromatic nitrogens is 3. The topological polar surface area (TPSA) is 95.9 Å². The molecule has 9 nitrogen and oxygen atoms in total. The molecular weight excluding hydrogens is 444 g/mol. The van der Waals surface area contributed by atoms with Gasteiger partial charge in [-0.05, 0) is 25.0 Å². The van der Waals surface area contributed by atoms with Crippen LogP contribution in [0.4, 0.5) is 5.13 Å². The van der Waals surface area contributed by atoms with E-state index in [0.29, 0.717) is 34.6 Å². The van der Waals surface area contributed by atoms with E-state index in [0.717, 1.165) is 17.5 Å². The van der Waals surface area contributed by atoms with Crippen molar-refractivity contribution in [2.24, 2.45) is 0 Å². The zero-order chi connectivity index (χ0) is 22.0. The van der Waals surface area contributed by atoms with Gasteiger partial charge in [0.2, 0.25) is 5.88 Å². The number of rotatable bonds is 7. The van der Waals surface area contributed by atoms with Crippen LogP contribution in [0.1, 0.15) is 23.3 Å². The number of thiazole rings is 1. The third kappa shape index (κ3) is 4.36. The maximum absolute atomic E-state index is 13.6. The lowest BCUT2D eigenvalue weighted by atomic mass is 10.2. The molecule has 0 N–H and O–H groups in total. The average molecular weight is 465 g/mol. The predicted octanol–water partition coefficient (Wildman–Crippen LogP) is 3.59. The smallest absolute Gasteiger partial charge is 0.320 e. The fourth-order valence-corrected chi connectivity index (χ4v) is 4.57. The number of methoxy groups -OCH3 is 3. The molecule has 31 heavy (non-hydrogen) atoms. The number of hydrogen-bond acceptors (Lipinski definition) is 9. The Kier molecular flexibility index (Phi) is 6.40. The highest BCUT2D eigenvalue weighted by Gasteiger charge is 2.29. The molecule has 3 heterocycles. The van der Waals surface area contributed by atoms with Crippen molar-refractivity contribution in [2.75, 3.05) is 39.4 Å². The van der Waals surface area contributed by atoms with Crippen molar-refractivity contribution in [3.63, 3.8) is 0 Å². The Morgan fingerprint density at radius 3 is 2.74 bits per heavy atom. The lowest BCUT2D eigenvalue weighted by Crippen LogP contribution is -2.38. The van der Waals surface area contributed by atoms with Crippen molar-refractivity contribution in [3.8, 4) is 17.6 Å². The van der Waals surface area contributed by atoms with Crippen LogP contribution in [0, 0.1) is 0 Å². The molecule has 1 fully saturated rings. The Morgan fingerprint density at radius 1 is 1.23 bits per heavy atom. The van der Waals surface area contributed by atoms with Gasteiger partial charge in [-0.1, -0.05) is 22.9 Å². The van der Waals surface area contributed by atoms with E-state index in [-0.39, 0.29) is 29.6 Å². The number of fused-ring (bicyclic) bond motifs is 1. The summed E-state index contributed by atoms with van der Waals surface area (Å²) >= 11 is 7.69. The SMILES string of the molecule is COc1cc(C(=O)N(CC2CCCO2)c2nc3c(OC)ccc(Cl)c3s2)nc(OC)n1. The van der Waals surface area contributed by atoms with Crippen molar-refractivity contribution >= 4 is 44.2 Å². The second-order valence-electron chi connectivity index (χ2n) is 6.76. The van der Waals surface area contributed by atoms with E-state index in [1.54, 1.807) is 24.1 Å². The van der Waals surface area contributed by atoms with Crippen LogP contribution in [0.3, 0.4) is 0 Å². The molecule has 1 aliphatic heterocycles. The third-order valence-electron chi connectivity index (χ3n) is 4.85. The average Bonchev–Trinajstić information content (AvgIpc) is 3.47. The molecule has 1 unspecified atom stereocenters. The first-order valence-electron chi connectivity index (χ1n) is 9.57. The van der Waals surface area contributed by atoms with Gasteiger partial charge in [-0.15, -0.1) is 0 Å². The number of carbonyl (C=O) groups is 1. The summed E-state index contributed by atoms with van der Waals surface area (Å²) < 4.78 is 22.2. The molecule has 4 rings (SSSR count). The standard InChI is InChI=1S/C20H21ClN4O5S/c1-27-14-7-6-12(21)17-16(14)24-20(31-17)25(10-11-5-4-8-30-11)18(26)13-9-15(28-2)23-19(22-13)29-3/h6-7,9,11H,4-5,8,10H2,1-3H3. The summed E-state index contributed by atoms with van der Waals surface area (Å²) in [6.07, 6.45) is 1.70. The van der Waals surface area contributed by atoms with Crippen LogP contribution < -0.4 is 19.1 Å². The van der Waals surface area contributed by atoms with Crippen molar-refractivity contribution in [2.45, 2.75) is 18.9 Å². The fraction of sp³-hybridized carbons (Fsp3) is 0.400. The van der Waals surface area contributed by atoms with Crippen LogP contribution >= 0.6 is 22.9 Å². The molecule has 0 saturated carbocycles. The second-order valence-corrected chi connectivity index (χ2v) is 8.14. The van der Waals surface area contributed by atoms with E-state index in [9.17, 15) is 4.79 Å². The number of anilines is 1. The summed E-state index contributed by atoms with van der Waals surface area (Å²) in [5.41, 5.74) is 0.719. The van der Waals surface area contributed by atoms with E-state index in [1.165, 1.54) is 31.6 Å². The van der Waals surface area contributed by atoms with E-state index < -0.39 is 0 Å². The molecule has 11 heteroatoms. The van der Waals surface area contributed by atoms with Crippen LogP contribution in [0.2, 0.25) is 5.02 Å². The van der Waals surface area contributed by atoms with E-state index in [2.05, 4.69) is 15.0 Å². The zero-order valence-corrected chi connectivity index (χ0v) is 18.8. The highest BCUT2D eigenvalue weighted by molar-refractivity contribution is 7.23. The van der Waals surface area contributed by atoms with Gasteiger partial charge in [0.15, 0.2) is 5.13 Å². The molecular formula is C20H21ClN4O5S. The zero-order valence-electron chi connectivity index (χ0n) is 17.3.